The topological polar surface area (TPSA) is 66.4 Å². The van der Waals surface area contributed by atoms with Crippen LogP contribution >= 0.6 is 0 Å². The lowest BCUT2D eigenvalue weighted by Gasteiger charge is -2.02. The number of hydrogen-bond donors (Lipinski definition) is 2. The van der Waals surface area contributed by atoms with Crippen LogP contribution in [0.5, 0.6) is 0 Å². The lowest BCUT2D eigenvalue weighted by Crippen LogP contribution is -2.24. The lowest BCUT2D eigenvalue weighted by atomic mass is 10.2. The zero-order chi connectivity index (χ0) is 11.5. The highest BCUT2D eigenvalue weighted by Crippen LogP contribution is 1.94. The number of carbonyl (C=O) groups is 2. The highest BCUT2D eigenvalue weighted by molar-refractivity contribution is 5.75. The van der Waals surface area contributed by atoms with Crippen LogP contribution in [-0.4, -0.2) is 23.5 Å². The van der Waals surface area contributed by atoms with Crippen LogP contribution in [0.25, 0.3) is 0 Å². The highest BCUT2D eigenvalue weighted by atomic mass is 16.4. The summed E-state index contributed by atoms with van der Waals surface area (Å²) in [5, 5.41) is 11.0. The second kappa shape index (κ2) is 9.07. The third-order valence-electron chi connectivity index (χ3n) is 1.77. The summed E-state index contributed by atoms with van der Waals surface area (Å²) in [5.74, 6) is 4.78. The Morgan fingerprint density at radius 3 is 2.60 bits per heavy atom. The first-order chi connectivity index (χ1) is 7.16. The Morgan fingerprint density at radius 2 is 2.00 bits per heavy atom. The van der Waals surface area contributed by atoms with Gasteiger partial charge in [-0.3, -0.25) is 9.59 Å². The van der Waals surface area contributed by atoms with Gasteiger partial charge in [0.05, 0.1) is 0 Å². The second-order valence-electron chi connectivity index (χ2n) is 3.13. The molecular weight excluding hydrogens is 194 g/mol. The molecule has 0 saturated carbocycles. The number of carbonyl (C=O) groups excluding carboxylic acids is 1. The van der Waals surface area contributed by atoms with Gasteiger partial charge in [-0.1, -0.05) is 0 Å². The molecule has 0 aromatic carbocycles. The average molecular weight is 211 g/mol. The molecule has 0 unspecified atom stereocenters. The minimum atomic E-state index is -0.831. The number of amides is 1. The maximum absolute atomic E-state index is 11.1. The summed E-state index contributed by atoms with van der Waals surface area (Å²) in [6.45, 7) is 2.20. The monoisotopic (exact) mass is 211 g/mol. The Bertz CT molecular complexity index is 263. The SMILES string of the molecule is CC#CCCCC(=O)NCCCC(=O)O. The summed E-state index contributed by atoms with van der Waals surface area (Å²) in [7, 11) is 0. The van der Waals surface area contributed by atoms with E-state index in [-0.39, 0.29) is 12.3 Å². The maximum Gasteiger partial charge on any atom is 0.303 e. The summed E-state index contributed by atoms with van der Waals surface area (Å²) in [5.41, 5.74) is 0. The average Bonchev–Trinajstić information content (AvgIpc) is 2.19. The van der Waals surface area contributed by atoms with Crippen molar-refractivity contribution < 1.29 is 14.7 Å². The van der Waals surface area contributed by atoms with Gasteiger partial charge in [0.25, 0.3) is 0 Å². The molecule has 0 fully saturated rings. The third-order valence-corrected chi connectivity index (χ3v) is 1.77. The lowest BCUT2D eigenvalue weighted by molar-refractivity contribution is -0.137. The molecule has 0 aliphatic heterocycles. The van der Waals surface area contributed by atoms with Crippen LogP contribution in [0.4, 0.5) is 0 Å². The van der Waals surface area contributed by atoms with Gasteiger partial charge in [0, 0.05) is 25.8 Å². The largest absolute Gasteiger partial charge is 0.481 e. The molecule has 0 bridgehead atoms. The number of nitrogens with one attached hydrogen (secondary N) is 1. The van der Waals surface area contributed by atoms with Gasteiger partial charge >= 0.3 is 5.97 Å². The molecule has 0 rings (SSSR count). The molecule has 4 nitrogen and oxygen atoms in total. The first kappa shape index (κ1) is 13.5. The number of hydrogen-bond acceptors (Lipinski definition) is 2. The number of unbranched alkanes of at least 4 members (excludes halogenated alkanes) is 1. The van der Waals surface area contributed by atoms with E-state index in [2.05, 4.69) is 17.2 Å². The molecule has 0 aliphatic carbocycles. The van der Waals surface area contributed by atoms with Crippen molar-refractivity contribution in [3.63, 3.8) is 0 Å². The summed E-state index contributed by atoms with van der Waals surface area (Å²) >= 11 is 0. The summed E-state index contributed by atoms with van der Waals surface area (Å²) in [6, 6.07) is 0. The van der Waals surface area contributed by atoms with Gasteiger partial charge in [-0.2, -0.15) is 0 Å². The van der Waals surface area contributed by atoms with E-state index in [0.29, 0.717) is 19.4 Å². The molecule has 0 aliphatic rings. The molecule has 0 spiro atoms. The quantitative estimate of drug-likeness (QED) is 0.490. The van der Waals surface area contributed by atoms with Gasteiger partial charge in [-0.05, 0) is 19.8 Å². The molecule has 0 aromatic heterocycles. The van der Waals surface area contributed by atoms with Crippen molar-refractivity contribution in [2.45, 2.75) is 39.0 Å². The van der Waals surface area contributed by atoms with Crippen LogP contribution in [0, 0.1) is 11.8 Å². The standard InChI is InChI=1S/C11H17NO3/c1-2-3-4-5-7-10(13)12-9-6-8-11(14)15/h4-9H2,1H3,(H,12,13)(H,14,15). The predicted molar refractivity (Wildman–Crippen MR) is 57.2 cm³/mol. The molecular formula is C11H17NO3. The Hall–Kier alpha value is -1.50. The molecule has 0 radical (unpaired) electrons. The van der Waals surface area contributed by atoms with Crippen molar-refractivity contribution in [1.29, 1.82) is 0 Å². The van der Waals surface area contributed by atoms with Crippen LogP contribution in [0.1, 0.15) is 39.0 Å². The molecule has 15 heavy (non-hydrogen) atoms. The fourth-order valence-corrected chi connectivity index (χ4v) is 1.02. The van der Waals surface area contributed by atoms with E-state index in [1.807, 2.05) is 0 Å². The fraction of sp³-hybridized carbons (Fsp3) is 0.636. The molecule has 0 saturated heterocycles. The number of carboxylic acids is 1. The van der Waals surface area contributed by atoms with Crippen LogP contribution < -0.4 is 5.32 Å². The third kappa shape index (κ3) is 10.4. The zero-order valence-corrected chi connectivity index (χ0v) is 9.01. The van der Waals surface area contributed by atoms with Crippen molar-refractivity contribution in [3.05, 3.63) is 0 Å². The van der Waals surface area contributed by atoms with E-state index in [4.69, 9.17) is 5.11 Å². The van der Waals surface area contributed by atoms with Crippen molar-refractivity contribution in [3.8, 4) is 11.8 Å². The van der Waals surface area contributed by atoms with Gasteiger partial charge in [0.1, 0.15) is 0 Å². The Labute approximate surface area is 90.1 Å². The predicted octanol–water partition coefficient (Wildman–Crippen LogP) is 1.16. The zero-order valence-electron chi connectivity index (χ0n) is 9.01. The second-order valence-corrected chi connectivity index (χ2v) is 3.13. The van der Waals surface area contributed by atoms with Crippen molar-refractivity contribution in [2.24, 2.45) is 0 Å². The molecule has 2 N–H and O–H groups in total. The van der Waals surface area contributed by atoms with Crippen molar-refractivity contribution in [1.82, 2.24) is 5.32 Å². The van der Waals surface area contributed by atoms with E-state index in [1.54, 1.807) is 6.92 Å². The maximum atomic E-state index is 11.1. The van der Waals surface area contributed by atoms with Crippen LogP contribution in [-0.2, 0) is 9.59 Å². The highest BCUT2D eigenvalue weighted by Gasteiger charge is 2.00. The van der Waals surface area contributed by atoms with E-state index in [0.717, 1.165) is 12.8 Å². The smallest absolute Gasteiger partial charge is 0.303 e. The molecule has 84 valence electrons. The van der Waals surface area contributed by atoms with Crippen LogP contribution in [0.3, 0.4) is 0 Å². The van der Waals surface area contributed by atoms with Crippen LogP contribution in [0.15, 0.2) is 0 Å². The Morgan fingerprint density at radius 1 is 1.27 bits per heavy atom. The molecule has 0 atom stereocenters. The first-order valence-corrected chi connectivity index (χ1v) is 5.05. The summed E-state index contributed by atoms with van der Waals surface area (Å²) in [4.78, 5) is 21.3. The van der Waals surface area contributed by atoms with Crippen LogP contribution in [0.2, 0.25) is 0 Å². The van der Waals surface area contributed by atoms with E-state index in [1.165, 1.54) is 0 Å². The summed E-state index contributed by atoms with van der Waals surface area (Å²) < 4.78 is 0. The van der Waals surface area contributed by atoms with Gasteiger partial charge < -0.3 is 10.4 Å². The fourth-order valence-electron chi connectivity index (χ4n) is 1.02. The van der Waals surface area contributed by atoms with Gasteiger partial charge in [-0.15, -0.1) is 11.8 Å². The van der Waals surface area contributed by atoms with E-state index in [9.17, 15) is 9.59 Å². The van der Waals surface area contributed by atoms with Gasteiger partial charge in [0.15, 0.2) is 0 Å². The normalized spacial score (nSPS) is 8.87. The van der Waals surface area contributed by atoms with Crippen molar-refractivity contribution in [2.75, 3.05) is 6.54 Å². The minimum Gasteiger partial charge on any atom is -0.481 e. The minimum absolute atomic E-state index is 0.0294. The Balaban J connectivity index is 3.32. The number of aliphatic carboxylic acids is 1. The molecule has 1 amide bonds. The van der Waals surface area contributed by atoms with E-state index < -0.39 is 5.97 Å². The van der Waals surface area contributed by atoms with E-state index >= 15 is 0 Å². The van der Waals surface area contributed by atoms with Crippen molar-refractivity contribution >= 4 is 11.9 Å². The number of carboxylic acid groups (broad SMARTS) is 1. The van der Waals surface area contributed by atoms with Gasteiger partial charge in [0.2, 0.25) is 5.91 Å². The summed E-state index contributed by atoms with van der Waals surface area (Å²) in [6.07, 6.45) is 2.53. The Kier molecular flexibility index (Phi) is 8.16. The number of rotatable bonds is 7. The molecule has 4 heteroatoms. The molecule has 0 heterocycles. The van der Waals surface area contributed by atoms with Gasteiger partial charge in [-0.25, -0.2) is 0 Å². The first-order valence-electron chi connectivity index (χ1n) is 5.05. The molecule has 0 aromatic rings.